The van der Waals surface area contributed by atoms with E-state index in [1.807, 2.05) is 30.3 Å². The Morgan fingerprint density at radius 2 is 1.75 bits per heavy atom. The Morgan fingerprint density at radius 1 is 1.05 bits per heavy atom. The molecule has 0 saturated carbocycles. The van der Waals surface area contributed by atoms with Crippen molar-refractivity contribution < 1.29 is 4.74 Å². The molecule has 3 rings (SSSR count). The number of nitrogens with zero attached hydrogens (tertiary/aromatic N) is 1. The highest BCUT2D eigenvalue weighted by atomic mass is 16.5. The van der Waals surface area contributed by atoms with Gasteiger partial charge in [-0.3, -0.25) is 4.90 Å². The maximum absolute atomic E-state index is 6.30. The SMILES string of the molecule is Nc1cc(CCN2CCOCC2)c(N)c2ccccc12. The van der Waals surface area contributed by atoms with Crippen LogP contribution in [0.5, 0.6) is 0 Å². The summed E-state index contributed by atoms with van der Waals surface area (Å²) in [5.74, 6) is 0. The molecule has 1 saturated heterocycles. The van der Waals surface area contributed by atoms with Crippen LogP contribution in [0.2, 0.25) is 0 Å². The van der Waals surface area contributed by atoms with Gasteiger partial charge in [0, 0.05) is 41.8 Å². The molecule has 1 aliphatic heterocycles. The lowest BCUT2D eigenvalue weighted by Crippen LogP contribution is -2.37. The van der Waals surface area contributed by atoms with Gasteiger partial charge in [0.05, 0.1) is 13.2 Å². The molecule has 4 nitrogen and oxygen atoms in total. The summed E-state index contributed by atoms with van der Waals surface area (Å²) in [5.41, 5.74) is 15.3. The van der Waals surface area contributed by atoms with E-state index in [-0.39, 0.29) is 0 Å². The van der Waals surface area contributed by atoms with Gasteiger partial charge >= 0.3 is 0 Å². The average Bonchev–Trinajstić information content (AvgIpc) is 2.50. The molecule has 0 aliphatic carbocycles. The molecule has 0 amide bonds. The number of nitrogen functional groups attached to an aromatic ring is 2. The third-order valence-electron chi connectivity index (χ3n) is 4.00. The van der Waals surface area contributed by atoms with Gasteiger partial charge in [0.25, 0.3) is 0 Å². The van der Waals surface area contributed by atoms with E-state index >= 15 is 0 Å². The van der Waals surface area contributed by atoms with E-state index in [2.05, 4.69) is 4.90 Å². The van der Waals surface area contributed by atoms with E-state index in [1.165, 1.54) is 0 Å². The molecule has 1 heterocycles. The molecule has 20 heavy (non-hydrogen) atoms. The molecular formula is C16H21N3O. The Labute approximate surface area is 119 Å². The van der Waals surface area contributed by atoms with Crippen LogP contribution in [0, 0.1) is 0 Å². The summed E-state index contributed by atoms with van der Waals surface area (Å²) in [4.78, 5) is 2.41. The Morgan fingerprint density at radius 3 is 2.50 bits per heavy atom. The maximum Gasteiger partial charge on any atom is 0.0594 e. The highest BCUT2D eigenvalue weighted by molar-refractivity contribution is 6.01. The second kappa shape index (κ2) is 5.69. The minimum Gasteiger partial charge on any atom is -0.398 e. The van der Waals surface area contributed by atoms with Crippen LogP contribution < -0.4 is 11.5 Å². The molecule has 0 unspecified atom stereocenters. The predicted octanol–water partition coefficient (Wildman–Crippen LogP) is 1.88. The number of nitrogens with two attached hydrogens (primary N) is 2. The molecule has 0 radical (unpaired) electrons. The quantitative estimate of drug-likeness (QED) is 0.837. The second-order valence-corrected chi connectivity index (χ2v) is 5.29. The first-order valence-corrected chi connectivity index (χ1v) is 7.11. The van der Waals surface area contributed by atoms with E-state index in [0.717, 1.165) is 67.0 Å². The van der Waals surface area contributed by atoms with Crippen molar-refractivity contribution in [3.05, 3.63) is 35.9 Å². The lowest BCUT2D eigenvalue weighted by Gasteiger charge is -2.26. The molecule has 4 N–H and O–H groups in total. The highest BCUT2D eigenvalue weighted by Crippen LogP contribution is 2.30. The number of benzene rings is 2. The number of fused-ring (bicyclic) bond motifs is 1. The maximum atomic E-state index is 6.30. The molecule has 2 aromatic rings. The van der Waals surface area contributed by atoms with Gasteiger partial charge in [-0.2, -0.15) is 0 Å². The fourth-order valence-electron chi connectivity index (χ4n) is 2.80. The minimum absolute atomic E-state index is 0.812. The van der Waals surface area contributed by atoms with E-state index in [1.54, 1.807) is 0 Å². The average molecular weight is 271 g/mol. The zero-order chi connectivity index (χ0) is 13.9. The Balaban J connectivity index is 1.82. The van der Waals surface area contributed by atoms with Crippen LogP contribution in [0.4, 0.5) is 11.4 Å². The number of anilines is 2. The van der Waals surface area contributed by atoms with Gasteiger partial charge in [-0.05, 0) is 18.1 Å². The van der Waals surface area contributed by atoms with Crippen molar-refractivity contribution in [3.63, 3.8) is 0 Å². The number of hydrogen-bond acceptors (Lipinski definition) is 4. The van der Waals surface area contributed by atoms with Gasteiger partial charge in [-0.15, -0.1) is 0 Å². The zero-order valence-corrected chi connectivity index (χ0v) is 11.6. The monoisotopic (exact) mass is 271 g/mol. The van der Waals surface area contributed by atoms with Crippen LogP contribution in [0.25, 0.3) is 10.8 Å². The number of hydrogen-bond donors (Lipinski definition) is 2. The summed E-state index contributed by atoms with van der Waals surface area (Å²) in [7, 11) is 0. The summed E-state index contributed by atoms with van der Waals surface area (Å²) in [6, 6.07) is 10.1. The van der Waals surface area contributed by atoms with E-state index in [0.29, 0.717) is 0 Å². The van der Waals surface area contributed by atoms with Crippen molar-refractivity contribution in [1.29, 1.82) is 0 Å². The molecule has 1 fully saturated rings. The molecule has 0 aromatic heterocycles. The van der Waals surface area contributed by atoms with Crippen LogP contribution in [-0.2, 0) is 11.2 Å². The normalized spacial score (nSPS) is 16.6. The van der Waals surface area contributed by atoms with E-state index in [9.17, 15) is 0 Å². The van der Waals surface area contributed by atoms with Crippen LogP contribution in [-0.4, -0.2) is 37.7 Å². The first-order chi connectivity index (χ1) is 9.75. The summed E-state index contributed by atoms with van der Waals surface area (Å²) < 4.78 is 5.37. The molecule has 0 atom stereocenters. The van der Waals surface area contributed by atoms with Gasteiger partial charge in [0.1, 0.15) is 0 Å². The molecule has 0 spiro atoms. The predicted molar refractivity (Wildman–Crippen MR) is 83.7 cm³/mol. The Bertz CT molecular complexity index is 606. The van der Waals surface area contributed by atoms with Gasteiger partial charge in [0.2, 0.25) is 0 Å². The van der Waals surface area contributed by atoms with E-state index < -0.39 is 0 Å². The second-order valence-electron chi connectivity index (χ2n) is 5.29. The van der Waals surface area contributed by atoms with Crippen molar-refractivity contribution >= 4 is 22.1 Å². The van der Waals surface area contributed by atoms with Gasteiger partial charge in [-0.1, -0.05) is 24.3 Å². The first kappa shape index (κ1) is 13.2. The van der Waals surface area contributed by atoms with Crippen molar-refractivity contribution in [1.82, 2.24) is 4.90 Å². The smallest absolute Gasteiger partial charge is 0.0594 e. The fourth-order valence-corrected chi connectivity index (χ4v) is 2.80. The van der Waals surface area contributed by atoms with Crippen molar-refractivity contribution in [2.24, 2.45) is 0 Å². The zero-order valence-electron chi connectivity index (χ0n) is 11.6. The minimum atomic E-state index is 0.812. The molecule has 106 valence electrons. The summed E-state index contributed by atoms with van der Waals surface area (Å²) in [6.45, 7) is 4.67. The third-order valence-corrected chi connectivity index (χ3v) is 4.00. The largest absolute Gasteiger partial charge is 0.398 e. The van der Waals surface area contributed by atoms with Gasteiger partial charge in [0.15, 0.2) is 0 Å². The summed E-state index contributed by atoms with van der Waals surface area (Å²) >= 11 is 0. The van der Waals surface area contributed by atoms with Crippen LogP contribution in [0.3, 0.4) is 0 Å². The molecule has 1 aliphatic rings. The van der Waals surface area contributed by atoms with Crippen LogP contribution in [0.15, 0.2) is 30.3 Å². The molecular weight excluding hydrogens is 250 g/mol. The van der Waals surface area contributed by atoms with Gasteiger partial charge in [-0.25, -0.2) is 0 Å². The molecule has 4 heteroatoms. The third kappa shape index (κ3) is 2.57. The first-order valence-electron chi connectivity index (χ1n) is 7.11. The molecule has 0 bridgehead atoms. The van der Waals surface area contributed by atoms with E-state index in [4.69, 9.17) is 16.2 Å². The number of ether oxygens (including phenoxy) is 1. The standard InChI is InChI=1S/C16H21N3O/c17-15-11-12(5-6-19-7-9-20-10-8-19)16(18)14-4-2-1-3-13(14)15/h1-4,11H,5-10,17-18H2. The lowest BCUT2D eigenvalue weighted by molar-refractivity contribution is 0.0384. The Hall–Kier alpha value is -1.78. The molecule has 2 aromatic carbocycles. The van der Waals surface area contributed by atoms with Crippen LogP contribution in [0.1, 0.15) is 5.56 Å². The van der Waals surface area contributed by atoms with Crippen molar-refractivity contribution in [2.75, 3.05) is 44.3 Å². The lowest BCUT2D eigenvalue weighted by atomic mass is 10.00. The number of rotatable bonds is 3. The summed E-state index contributed by atoms with van der Waals surface area (Å²) in [5, 5.41) is 2.10. The highest BCUT2D eigenvalue weighted by Gasteiger charge is 2.12. The van der Waals surface area contributed by atoms with Gasteiger partial charge < -0.3 is 16.2 Å². The van der Waals surface area contributed by atoms with Crippen molar-refractivity contribution in [2.45, 2.75) is 6.42 Å². The Kier molecular flexibility index (Phi) is 3.76. The number of morpholine rings is 1. The summed E-state index contributed by atoms with van der Waals surface area (Å²) in [6.07, 6.45) is 0.931. The van der Waals surface area contributed by atoms with Crippen molar-refractivity contribution in [3.8, 4) is 0 Å². The topological polar surface area (TPSA) is 64.5 Å². The fraction of sp³-hybridized carbons (Fsp3) is 0.375. The van der Waals surface area contributed by atoms with Crippen LogP contribution >= 0.6 is 0 Å².